The predicted molar refractivity (Wildman–Crippen MR) is 64.0 cm³/mol. The molecule has 0 aliphatic carbocycles. The Balaban J connectivity index is 2.62. The molecule has 1 saturated heterocycles. The van der Waals surface area contributed by atoms with Crippen LogP contribution < -0.4 is 0 Å². The molecule has 1 aliphatic heterocycles. The topological polar surface area (TPSA) is 37.4 Å². The molecule has 16 heavy (non-hydrogen) atoms. The summed E-state index contributed by atoms with van der Waals surface area (Å²) in [6, 6.07) is -0.151. The van der Waals surface area contributed by atoms with Crippen molar-refractivity contribution in [1.29, 1.82) is 0 Å². The number of ketones is 1. The fraction of sp³-hybridized carbons (Fsp3) is 0.846. The second-order valence-electron chi connectivity index (χ2n) is 5.33. The monoisotopic (exact) mass is 225 g/mol. The highest BCUT2D eigenvalue weighted by atomic mass is 16.2. The molecule has 92 valence electrons. The second-order valence-corrected chi connectivity index (χ2v) is 5.33. The zero-order valence-electron chi connectivity index (χ0n) is 10.8. The summed E-state index contributed by atoms with van der Waals surface area (Å²) in [5.41, 5.74) is 0. The van der Waals surface area contributed by atoms with Crippen molar-refractivity contribution in [2.45, 2.75) is 53.0 Å². The summed E-state index contributed by atoms with van der Waals surface area (Å²) in [7, 11) is 0. The van der Waals surface area contributed by atoms with E-state index < -0.39 is 0 Å². The largest absolute Gasteiger partial charge is 0.332 e. The van der Waals surface area contributed by atoms with E-state index in [1.165, 1.54) is 0 Å². The lowest BCUT2D eigenvalue weighted by molar-refractivity contribution is -0.140. The highest BCUT2D eigenvalue weighted by molar-refractivity contribution is 5.88. The number of Topliss-reactive ketones (excluding diaryl/α,β-unsaturated/α-hetero) is 1. The summed E-state index contributed by atoms with van der Waals surface area (Å²) in [6.45, 7) is 8.55. The molecule has 0 saturated carbocycles. The Labute approximate surface area is 98.2 Å². The highest BCUT2D eigenvalue weighted by Gasteiger charge is 2.33. The molecule has 3 nitrogen and oxygen atoms in total. The van der Waals surface area contributed by atoms with Gasteiger partial charge in [0.15, 0.2) is 5.78 Å². The Bertz CT molecular complexity index is 273. The zero-order valence-corrected chi connectivity index (χ0v) is 10.8. The van der Waals surface area contributed by atoms with Crippen LogP contribution in [0, 0.1) is 11.8 Å². The van der Waals surface area contributed by atoms with Crippen LogP contribution in [0.2, 0.25) is 0 Å². The van der Waals surface area contributed by atoms with Gasteiger partial charge in [0.25, 0.3) is 0 Å². The van der Waals surface area contributed by atoms with Crippen molar-refractivity contribution in [3.8, 4) is 0 Å². The van der Waals surface area contributed by atoms with Crippen molar-refractivity contribution in [1.82, 2.24) is 4.90 Å². The van der Waals surface area contributed by atoms with E-state index in [4.69, 9.17) is 0 Å². The summed E-state index contributed by atoms with van der Waals surface area (Å²) < 4.78 is 0. The normalized spacial score (nSPS) is 22.6. The van der Waals surface area contributed by atoms with Crippen molar-refractivity contribution >= 4 is 11.7 Å². The van der Waals surface area contributed by atoms with E-state index in [0.29, 0.717) is 5.92 Å². The van der Waals surface area contributed by atoms with Crippen LogP contribution in [0.25, 0.3) is 0 Å². The molecule has 0 aromatic heterocycles. The van der Waals surface area contributed by atoms with Gasteiger partial charge in [-0.1, -0.05) is 20.8 Å². The minimum Gasteiger partial charge on any atom is -0.332 e. The highest BCUT2D eigenvalue weighted by Crippen LogP contribution is 2.22. The maximum Gasteiger partial charge on any atom is 0.226 e. The van der Waals surface area contributed by atoms with Crippen LogP contribution in [-0.2, 0) is 9.59 Å². The minimum atomic E-state index is -0.151. The Morgan fingerprint density at radius 3 is 2.44 bits per heavy atom. The smallest absolute Gasteiger partial charge is 0.226 e. The van der Waals surface area contributed by atoms with Gasteiger partial charge in [0, 0.05) is 12.5 Å². The molecular weight excluding hydrogens is 202 g/mol. The van der Waals surface area contributed by atoms with E-state index in [-0.39, 0.29) is 23.7 Å². The molecule has 0 aromatic rings. The van der Waals surface area contributed by atoms with E-state index >= 15 is 0 Å². The molecule has 1 aliphatic rings. The first-order valence-corrected chi connectivity index (χ1v) is 6.24. The fourth-order valence-electron chi connectivity index (χ4n) is 2.54. The molecular formula is C13H23NO2. The van der Waals surface area contributed by atoms with Gasteiger partial charge < -0.3 is 4.90 Å². The van der Waals surface area contributed by atoms with Crippen molar-refractivity contribution in [3.63, 3.8) is 0 Å². The fourth-order valence-corrected chi connectivity index (χ4v) is 2.54. The van der Waals surface area contributed by atoms with Gasteiger partial charge in [-0.05, 0) is 32.1 Å². The first-order chi connectivity index (χ1) is 7.43. The zero-order chi connectivity index (χ0) is 12.3. The number of likely N-dealkylation sites (tertiary alicyclic amines) is 1. The lowest BCUT2D eigenvalue weighted by Gasteiger charge is -2.26. The molecule has 1 amide bonds. The first-order valence-electron chi connectivity index (χ1n) is 6.24. The third-order valence-electron chi connectivity index (χ3n) is 3.25. The molecule has 1 heterocycles. The lowest BCUT2D eigenvalue weighted by Crippen LogP contribution is -2.42. The number of carbonyl (C=O) groups excluding carboxylic acids is 2. The molecule has 0 N–H and O–H groups in total. The maximum atomic E-state index is 12.2. The predicted octanol–water partition coefficient (Wildman–Crippen LogP) is 2.25. The summed E-state index contributed by atoms with van der Waals surface area (Å²) in [6.07, 6.45) is 2.71. The quantitative estimate of drug-likeness (QED) is 0.736. The SMILES string of the molecule is CC(=O)C1CCCN1C(=O)C(C)CC(C)C. The lowest BCUT2D eigenvalue weighted by atomic mass is 9.97. The van der Waals surface area contributed by atoms with Crippen LogP contribution in [0.1, 0.15) is 47.0 Å². The molecule has 1 rings (SSSR count). The van der Waals surface area contributed by atoms with E-state index in [0.717, 1.165) is 25.8 Å². The van der Waals surface area contributed by atoms with Crippen LogP contribution >= 0.6 is 0 Å². The number of rotatable bonds is 4. The number of carbonyl (C=O) groups is 2. The van der Waals surface area contributed by atoms with E-state index in [1.54, 1.807) is 11.8 Å². The third-order valence-corrected chi connectivity index (χ3v) is 3.25. The minimum absolute atomic E-state index is 0.0416. The molecule has 3 heteroatoms. The van der Waals surface area contributed by atoms with Crippen LogP contribution in [0.4, 0.5) is 0 Å². The van der Waals surface area contributed by atoms with Crippen molar-refractivity contribution in [3.05, 3.63) is 0 Å². The average Bonchev–Trinajstić information content (AvgIpc) is 2.63. The Morgan fingerprint density at radius 2 is 1.94 bits per heavy atom. The summed E-state index contributed by atoms with van der Waals surface area (Å²) in [5, 5.41) is 0. The number of nitrogens with zero attached hydrogens (tertiary/aromatic N) is 1. The van der Waals surface area contributed by atoms with Gasteiger partial charge in [0.2, 0.25) is 5.91 Å². The third kappa shape index (κ3) is 3.06. The van der Waals surface area contributed by atoms with Crippen LogP contribution in [0.15, 0.2) is 0 Å². The molecule has 0 bridgehead atoms. The first kappa shape index (κ1) is 13.2. The van der Waals surface area contributed by atoms with E-state index in [2.05, 4.69) is 13.8 Å². The van der Waals surface area contributed by atoms with Crippen LogP contribution in [-0.4, -0.2) is 29.2 Å². The van der Waals surface area contributed by atoms with Gasteiger partial charge >= 0.3 is 0 Å². The number of amides is 1. The summed E-state index contributed by atoms with van der Waals surface area (Å²) >= 11 is 0. The summed E-state index contributed by atoms with van der Waals surface area (Å²) in [5.74, 6) is 0.853. The van der Waals surface area contributed by atoms with Crippen molar-refractivity contribution in [2.75, 3.05) is 6.54 Å². The Morgan fingerprint density at radius 1 is 1.31 bits per heavy atom. The van der Waals surface area contributed by atoms with E-state index in [9.17, 15) is 9.59 Å². The standard InChI is InChI=1S/C13H23NO2/c1-9(2)8-10(3)13(16)14-7-5-6-12(14)11(4)15/h9-10,12H,5-8H2,1-4H3. The van der Waals surface area contributed by atoms with E-state index in [1.807, 2.05) is 6.92 Å². The molecule has 2 unspecified atom stereocenters. The van der Waals surface area contributed by atoms with Gasteiger partial charge in [-0.2, -0.15) is 0 Å². The maximum absolute atomic E-state index is 12.2. The number of hydrogen-bond donors (Lipinski definition) is 0. The molecule has 0 spiro atoms. The molecule has 1 fully saturated rings. The van der Waals surface area contributed by atoms with Crippen molar-refractivity contribution < 1.29 is 9.59 Å². The van der Waals surface area contributed by atoms with Crippen LogP contribution in [0.3, 0.4) is 0 Å². The van der Waals surface area contributed by atoms with Crippen LogP contribution in [0.5, 0.6) is 0 Å². The Hall–Kier alpha value is -0.860. The second kappa shape index (κ2) is 5.46. The Kier molecular flexibility index (Phi) is 4.51. The van der Waals surface area contributed by atoms with Gasteiger partial charge in [0.05, 0.1) is 6.04 Å². The van der Waals surface area contributed by atoms with Crippen molar-refractivity contribution in [2.24, 2.45) is 11.8 Å². The van der Waals surface area contributed by atoms with Gasteiger partial charge in [-0.15, -0.1) is 0 Å². The van der Waals surface area contributed by atoms with Gasteiger partial charge in [-0.3, -0.25) is 9.59 Å². The number of hydrogen-bond acceptors (Lipinski definition) is 2. The van der Waals surface area contributed by atoms with Gasteiger partial charge in [-0.25, -0.2) is 0 Å². The molecule has 0 radical (unpaired) electrons. The molecule has 2 atom stereocenters. The average molecular weight is 225 g/mol. The molecule has 0 aromatic carbocycles. The van der Waals surface area contributed by atoms with Gasteiger partial charge in [0.1, 0.15) is 0 Å². The summed E-state index contributed by atoms with van der Waals surface area (Å²) in [4.78, 5) is 25.4.